The van der Waals surface area contributed by atoms with Crippen LogP contribution in [0, 0.1) is 0 Å². The van der Waals surface area contributed by atoms with Crippen molar-refractivity contribution in [2.24, 2.45) is 0 Å². The van der Waals surface area contributed by atoms with Crippen LogP contribution in [0.2, 0.25) is 0 Å². The van der Waals surface area contributed by atoms with Gasteiger partial charge in [0.25, 0.3) is 0 Å². The van der Waals surface area contributed by atoms with Crippen LogP contribution in [0.1, 0.15) is 57.1 Å². The zero-order valence-corrected chi connectivity index (χ0v) is 15.0. The molecule has 3 heteroatoms. The first-order valence-corrected chi connectivity index (χ1v) is 9.40. The van der Waals surface area contributed by atoms with Crippen LogP contribution in [-0.4, -0.2) is 12.5 Å². The molecule has 1 unspecified atom stereocenters. The van der Waals surface area contributed by atoms with Gasteiger partial charge in [-0.1, -0.05) is 49.7 Å². The van der Waals surface area contributed by atoms with Crippen LogP contribution in [0.4, 0.5) is 5.69 Å². The summed E-state index contributed by atoms with van der Waals surface area (Å²) in [5.41, 5.74) is 2.15. The van der Waals surface area contributed by atoms with Gasteiger partial charge in [-0.15, -0.1) is 0 Å². The molecule has 3 nitrogen and oxygen atoms in total. The summed E-state index contributed by atoms with van der Waals surface area (Å²) in [5, 5.41) is 0. The van der Waals surface area contributed by atoms with Gasteiger partial charge in [0.15, 0.2) is 0 Å². The summed E-state index contributed by atoms with van der Waals surface area (Å²) in [6, 6.07) is 18.4. The number of hydrogen-bond donors (Lipinski definition) is 0. The Morgan fingerprint density at radius 2 is 1.92 bits per heavy atom. The SMILES string of the molecule is CCCCC(Oc1cccc(N2CCCCC2=O)c1)c1ccccc1. The van der Waals surface area contributed by atoms with Crippen LogP contribution in [0.15, 0.2) is 54.6 Å². The maximum Gasteiger partial charge on any atom is 0.226 e. The quantitative estimate of drug-likeness (QED) is 0.666. The Kier molecular flexibility index (Phi) is 6.10. The van der Waals surface area contributed by atoms with E-state index in [2.05, 4.69) is 31.2 Å². The van der Waals surface area contributed by atoms with E-state index in [4.69, 9.17) is 4.74 Å². The minimum absolute atomic E-state index is 0.0495. The molecule has 1 aliphatic heterocycles. The number of rotatable bonds is 7. The maximum atomic E-state index is 12.2. The molecule has 25 heavy (non-hydrogen) atoms. The molecule has 0 bridgehead atoms. The molecule has 0 aliphatic carbocycles. The molecular weight excluding hydrogens is 310 g/mol. The number of anilines is 1. The maximum absolute atomic E-state index is 12.2. The van der Waals surface area contributed by atoms with Crippen molar-refractivity contribution in [3.05, 3.63) is 60.2 Å². The lowest BCUT2D eigenvalue weighted by Gasteiger charge is -2.27. The minimum Gasteiger partial charge on any atom is -0.486 e. The van der Waals surface area contributed by atoms with E-state index < -0.39 is 0 Å². The molecule has 0 spiro atoms. The normalized spacial score (nSPS) is 15.9. The highest BCUT2D eigenvalue weighted by Crippen LogP contribution is 2.30. The molecule has 1 amide bonds. The average Bonchev–Trinajstić information content (AvgIpc) is 2.66. The summed E-state index contributed by atoms with van der Waals surface area (Å²) < 4.78 is 6.33. The van der Waals surface area contributed by atoms with Gasteiger partial charge >= 0.3 is 0 Å². The lowest BCUT2D eigenvalue weighted by molar-refractivity contribution is -0.119. The van der Waals surface area contributed by atoms with Crippen molar-refractivity contribution in [3.8, 4) is 5.75 Å². The van der Waals surface area contributed by atoms with E-state index in [-0.39, 0.29) is 12.0 Å². The van der Waals surface area contributed by atoms with Gasteiger partial charge in [0, 0.05) is 24.7 Å². The fourth-order valence-corrected chi connectivity index (χ4v) is 3.32. The molecule has 1 fully saturated rings. The van der Waals surface area contributed by atoms with Gasteiger partial charge in [-0.05, 0) is 43.4 Å². The number of benzene rings is 2. The third-order valence-electron chi connectivity index (χ3n) is 4.72. The molecule has 1 heterocycles. The molecule has 0 N–H and O–H groups in total. The largest absolute Gasteiger partial charge is 0.486 e. The van der Waals surface area contributed by atoms with Crippen molar-refractivity contribution in [1.82, 2.24) is 0 Å². The van der Waals surface area contributed by atoms with Gasteiger partial charge in [0.1, 0.15) is 11.9 Å². The molecule has 0 aromatic heterocycles. The van der Waals surface area contributed by atoms with Crippen molar-refractivity contribution in [1.29, 1.82) is 0 Å². The molecule has 2 aromatic rings. The number of piperidine rings is 1. The third kappa shape index (κ3) is 4.62. The van der Waals surface area contributed by atoms with Gasteiger partial charge in [0.05, 0.1) is 0 Å². The Morgan fingerprint density at radius 1 is 1.08 bits per heavy atom. The minimum atomic E-state index is 0.0495. The van der Waals surface area contributed by atoms with Gasteiger partial charge in [-0.25, -0.2) is 0 Å². The lowest BCUT2D eigenvalue weighted by atomic mass is 10.0. The highest BCUT2D eigenvalue weighted by Gasteiger charge is 2.20. The van der Waals surface area contributed by atoms with Crippen molar-refractivity contribution >= 4 is 11.6 Å². The summed E-state index contributed by atoms with van der Waals surface area (Å²) in [5.74, 6) is 1.05. The van der Waals surface area contributed by atoms with Gasteiger partial charge in [-0.2, -0.15) is 0 Å². The van der Waals surface area contributed by atoms with E-state index in [1.165, 1.54) is 5.56 Å². The number of carbonyl (C=O) groups excluding carboxylic acids is 1. The second kappa shape index (κ2) is 8.70. The molecule has 2 aromatic carbocycles. The fraction of sp³-hybridized carbons (Fsp3) is 0.409. The van der Waals surface area contributed by atoms with Crippen LogP contribution < -0.4 is 9.64 Å². The number of carbonyl (C=O) groups is 1. The molecule has 1 saturated heterocycles. The summed E-state index contributed by atoms with van der Waals surface area (Å²) in [6.07, 6.45) is 6.03. The standard InChI is InChI=1S/C22H27NO2/c1-2-3-14-21(18-10-5-4-6-11-18)25-20-13-9-12-19(17-20)23-16-8-7-15-22(23)24/h4-6,9-13,17,21H,2-3,7-8,14-16H2,1H3. The topological polar surface area (TPSA) is 29.5 Å². The zero-order valence-electron chi connectivity index (χ0n) is 15.0. The molecule has 3 rings (SSSR count). The van der Waals surface area contributed by atoms with E-state index in [1.807, 2.05) is 35.2 Å². The summed E-state index contributed by atoms with van der Waals surface area (Å²) in [7, 11) is 0. The molecule has 1 atom stereocenters. The Balaban J connectivity index is 1.77. The predicted molar refractivity (Wildman–Crippen MR) is 102 cm³/mol. The van der Waals surface area contributed by atoms with E-state index in [0.29, 0.717) is 6.42 Å². The Morgan fingerprint density at radius 3 is 2.68 bits per heavy atom. The first-order valence-electron chi connectivity index (χ1n) is 9.40. The Labute approximate surface area is 150 Å². The van der Waals surface area contributed by atoms with E-state index in [9.17, 15) is 4.79 Å². The van der Waals surface area contributed by atoms with Gasteiger partial charge in [0.2, 0.25) is 5.91 Å². The van der Waals surface area contributed by atoms with Crippen LogP contribution >= 0.6 is 0 Å². The fourth-order valence-electron chi connectivity index (χ4n) is 3.32. The number of ether oxygens (including phenoxy) is 1. The van der Waals surface area contributed by atoms with E-state index >= 15 is 0 Å². The number of nitrogens with zero attached hydrogens (tertiary/aromatic N) is 1. The van der Waals surface area contributed by atoms with Gasteiger partial charge in [-0.3, -0.25) is 4.79 Å². The van der Waals surface area contributed by atoms with Crippen molar-refractivity contribution in [2.45, 2.75) is 51.6 Å². The first kappa shape index (κ1) is 17.5. The summed E-state index contributed by atoms with van der Waals surface area (Å²) in [6.45, 7) is 3.00. The molecule has 1 aliphatic rings. The van der Waals surface area contributed by atoms with E-state index in [1.54, 1.807) is 0 Å². The highest BCUT2D eigenvalue weighted by molar-refractivity contribution is 5.94. The summed E-state index contributed by atoms with van der Waals surface area (Å²) in [4.78, 5) is 14.1. The Hall–Kier alpha value is -2.29. The lowest BCUT2D eigenvalue weighted by Crippen LogP contribution is -2.35. The second-order valence-electron chi connectivity index (χ2n) is 6.66. The van der Waals surface area contributed by atoms with Crippen LogP contribution in [-0.2, 0) is 4.79 Å². The highest BCUT2D eigenvalue weighted by atomic mass is 16.5. The summed E-state index contributed by atoms with van der Waals surface area (Å²) >= 11 is 0. The number of unbranched alkanes of at least 4 members (excludes halogenated alkanes) is 1. The van der Waals surface area contributed by atoms with Gasteiger partial charge < -0.3 is 9.64 Å². The monoisotopic (exact) mass is 337 g/mol. The molecule has 0 radical (unpaired) electrons. The number of hydrogen-bond acceptors (Lipinski definition) is 2. The predicted octanol–water partition coefficient (Wildman–Crippen LogP) is 5.51. The van der Waals surface area contributed by atoms with Crippen molar-refractivity contribution in [3.63, 3.8) is 0 Å². The first-order chi connectivity index (χ1) is 12.3. The van der Waals surface area contributed by atoms with Crippen LogP contribution in [0.5, 0.6) is 5.75 Å². The van der Waals surface area contributed by atoms with Crippen molar-refractivity contribution < 1.29 is 9.53 Å². The Bertz CT molecular complexity index is 683. The number of amides is 1. The molecule has 0 saturated carbocycles. The average molecular weight is 337 g/mol. The zero-order chi connectivity index (χ0) is 17.5. The van der Waals surface area contributed by atoms with Crippen molar-refractivity contribution in [2.75, 3.05) is 11.4 Å². The smallest absolute Gasteiger partial charge is 0.226 e. The van der Waals surface area contributed by atoms with Crippen LogP contribution in [0.25, 0.3) is 0 Å². The molecule has 132 valence electrons. The van der Waals surface area contributed by atoms with Crippen LogP contribution in [0.3, 0.4) is 0 Å². The van der Waals surface area contributed by atoms with E-state index in [0.717, 1.165) is 50.1 Å². The molecular formula is C22H27NO2. The second-order valence-corrected chi connectivity index (χ2v) is 6.66. The third-order valence-corrected chi connectivity index (χ3v) is 4.72.